The predicted molar refractivity (Wildman–Crippen MR) is 67.2 cm³/mol. The van der Waals surface area contributed by atoms with Crippen molar-refractivity contribution in [2.75, 3.05) is 0 Å². The number of carbonyl (C=O) groups is 3. The van der Waals surface area contributed by atoms with Crippen molar-refractivity contribution in [1.82, 2.24) is 10.2 Å². The van der Waals surface area contributed by atoms with E-state index in [0.29, 0.717) is 5.56 Å². The number of fused-ring (bicyclic) bond motifs is 1. The largest absolute Gasteiger partial charge is 0.322 e. The second-order valence-electron chi connectivity index (χ2n) is 5.18. The number of hydrogen-bond donors (Lipinski definition) is 1. The maximum absolute atomic E-state index is 13.9. The molecule has 104 valence electrons. The Kier molecular flexibility index (Phi) is 2.81. The summed E-state index contributed by atoms with van der Waals surface area (Å²) in [5.41, 5.74) is 1.37. The van der Waals surface area contributed by atoms with Gasteiger partial charge in [-0.3, -0.25) is 19.7 Å². The number of amides is 3. The minimum absolute atomic E-state index is 0.0419. The Morgan fingerprint density at radius 3 is 2.75 bits per heavy atom. The Balaban J connectivity index is 1.92. The molecule has 2 aliphatic rings. The molecule has 20 heavy (non-hydrogen) atoms. The van der Waals surface area contributed by atoms with E-state index in [1.54, 1.807) is 13.0 Å². The lowest BCUT2D eigenvalue weighted by molar-refractivity contribution is -0.136. The van der Waals surface area contributed by atoms with Crippen LogP contribution in [0.1, 0.15) is 34.3 Å². The third kappa shape index (κ3) is 1.88. The molecule has 0 radical (unpaired) electrons. The van der Waals surface area contributed by atoms with Crippen molar-refractivity contribution in [2.45, 2.75) is 32.4 Å². The zero-order valence-corrected chi connectivity index (χ0v) is 10.9. The number of hydrogen-bond acceptors (Lipinski definition) is 3. The maximum Gasteiger partial charge on any atom is 0.258 e. The summed E-state index contributed by atoms with van der Waals surface area (Å²) >= 11 is 0. The molecular weight excluding hydrogens is 263 g/mol. The van der Waals surface area contributed by atoms with E-state index in [-0.39, 0.29) is 30.9 Å². The number of imide groups is 1. The van der Waals surface area contributed by atoms with E-state index in [4.69, 9.17) is 0 Å². The van der Waals surface area contributed by atoms with Gasteiger partial charge in [0.15, 0.2) is 0 Å². The SMILES string of the molecule is Cc1cc(F)c2c(c1)CN(C1CCC(=O)NC1=O)C2=O. The highest BCUT2D eigenvalue weighted by Gasteiger charge is 2.40. The minimum Gasteiger partial charge on any atom is -0.322 e. The normalized spacial score (nSPS) is 22.0. The van der Waals surface area contributed by atoms with Gasteiger partial charge in [-0.05, 0) is 30.5 Å². The van der Waals surface area contributed by atoms with Crippen molar-refractivity contribution >= 4 is 17.7 Å². The van der Waals surface area contributed by atoms with Gasteiger partial charge in [-0.25, -0.2) is 4.39 Å². The van der Waals surface area contributed by atoms with Crippen LogP contribution in [0.5, 0.6) is 0 Å². The van der Waals surface area contributed by atoms with Crippen LogP contribution in [0, 0.1) is 12.7 Å². The first kappa shape index (κ1) is 12.8. The van der Waals surface area contributed by atoms with Crippen LogP contribution in [-0.2, 0) is 16.1 Å². The number of halogens is 1. The van der Waals surface area contributed by atoms with E-state index in [9.17, 15) is 18.8 Å². The van der Waals surface area contributed by atoms with Crippen LogP contribution in [-0.4, -0.2) is 28.7 Å². The number of nitrogens with one attached hydrogen (secondary N) is 1. The molecule has 0 aromatic heterocycles. The molecule has 1 atom stereocenters. The Bertz CT molecular complexity index is 642. The highest BCUT2D eigenvalue weighted by molar-refractivity contribution is 6.05. The fraction of sp³-hybridized carbons (Fsp3) is 0.357. The molecule has 0 bridgehead atoms. The van der Waals surface area contributed by atoms with Crippen LogP contribution in [0.3, 0.4) is 0 Å². The van der Waals surface area contributed by atoms with Gasteiger partial charge in [0.1, 0.15) is 11.9 Å². The summed E-state index contributed by atoms with van der Waals surface area (Å²) in [5.74, 6) is -1.86. The molecule has 1 saturated heterocycles. The van der Waals surface area contributed by atoms with Gasteiger partial charge in [0.05, 0.1) is 5.56 Å². The number of aryl methyl sites for hydroxylation is 1. The lowest BCUT2D eigenvalue weighted by atomic mass is 10.0. The minimum atomic E-state index is -0.702. The molecule has 0 spiro atoms. The summed E-state index contributed by atoms with van der Waals surface area (Å²) < 4.78 is 13.9. The second kappa shape index (κ2) is 4.40. The van der Waals surface area contributed by atoms with Crippen LogP contribution < -0.4 is 5.32 Å². The lowest BCUT2D eigenvalue weighted by Gasteiger charge is -2.29. The highest BCUT2D eigenvalue weighted by atomic mass is 19.1. The summed E-state index contributed by atoms with van der Waals surface area (Å²) in [6.45, 7) is 1.96. The molecule has 1 N–H and O–H groups in total. The molecule has 5 nitrogen and oxygen atoms in total. The van der Waals surface area contributed by atoms with Gasteiger partial charge in [0.2, 0.25) is 11.8 Å². The fourth-order valence-corrected chi connectivity index (χ4v) is 2.81. The van der Waals surface area contributed by atoms with Gasteiger partial charge in [-0.15, -0.1) is 0 Å². The van der Waals surface area contributed by atoms with E-state index in [0.717, 1.165) is 5.56 Å². The Morgan fingerprint density at radius 2 is 2.05 bits per heavy atom. The van der Waals surface area contributed by atoms with Gasteiger partial charge in [-0.1, -0.05) is 6.07 Å². The highest BCUT2D eigenvalue weighted by Crippen LogP contribution is 2.29. The second-order valence-corrected chi connectivity index (χ2v) is 5.18. The molecule has 1 aromatic rings. The van der Waals surface area contributed by atoms with E-state index >= 15 is 0 Å². The number of benzene rings is 1. The third-order valence-corrected chi connectivity index (χ3v) is 3.72. The van der Waals surface area contributed by atoms with Crippen molar-refractivity contribution < 1.29 is 18.8 Å². The van der Waals surface area contributed by atoms with Gasteiger partial charge in [-0.2, -0.15) is 0 Å². The average molecular weight is 276 g/mol. The average Bonchev–Trinajstić information content (AvgIpc) is 2.66. The fourth-order valence-electron chi connectivity index (χ4n) is 2.81. The molecule has 2 heterocycles. The monoisotopic (exact) mass is 276 g/mol. The predicted octanol–water partition coefficient (Wildman–Crippen LogP) is 0.895. The zero-order valence-electron chi connectivity index (χ0n) is 10.9. The summed E-state index contributed by atoms with van der Waals surface area (Å²) in [6, 6.07) is 2.36. The van der Waals surface area contributed by atoms with Crippen LogP contribution in [0.15, 0.2) is 12.1 Å². The van der Waals surface area contributed by atoms with E-state index in [1.807, 2.05) is 0 Å². The molecule has 1 aromatic carbocycles. The van der Waals surface area contributed by atoms with Crippen molar-refractivity contribution in [3.8, 4) is 0 Å². The molecule has 3 amide bonds. The third-order valence-electron chi connectivity index (χ3n) is 3.72. The van der Waals surface area contributed by atoms with E-state index in [2.05, 4.69) is 5.32 Å². The van der Waals surface area contributed by atoms with Crippen LogP contribution in [0.2, 0.25) is 0 Å². The quantitative estimate of drug-likeness (QED) is 0.775. The number of carbonyl (C=O) groups excluding carboxylic acids is 3. The lowest BCUT2D eigenvalue weighted by Crippen LogP contribution is -2.52. The summed E-state index contributed by atoms with van der Waals surface area (Å²) in [5, 5.41) is 2.21. The van der Waals surface area contributed by atoms with E-state index in [1.165, 1.54) is 11.0 Å². The molecule has 3 rings (SSSR count). The van der Waals surface area contributed by atoms with Gasteiger partial charge < -0.3 is 4.90 Å². The molecule has 0 saturated carbocycles. The standard InChI is InChI=1S/C14H13FN2O3/c1-7-4-8-6-17(14(20)12(8)9(15)5-7)10-2-3-11(18)16-13(10)19/h4-5,10H,2-3,6H2,1H3,(H,16,18,19). The molecule has 0 aliphatic carbocycles. The van der Waals surface area contributed by atoms with Crippen LogP contribution in [0.4, 0.5) is 4.39 Å². The van der Waals surface area contributed by atoms with Crippen LogP contribution in [0.25, 0.3) is 0 Å². The van der Waals surface area contributed by atoms with Gasteiger partial charge >= 0.3 is 0 Å². The Morgan fingerprint density at radius 1 is 1.30 bits per heavy atom. The van der Waals surface area contributed by atoms with Crippen LogP contribution >= 0.6 is 0 Å². The van der Waals surface area contributed by atoms with Gasteiger partial charge in [0, 0.05) is 13.0 Å². The smallest absolute Gasteiger partial charge is 0.258 e. The van der Waals surface area contributed by atoms with Crippen molar-refractivity contribution in [3.05, 3.63) is 34.6 Å². The number of rotatable bonds is 1. The first-order valence-electron chi connectivity index (χ1n) is 6.41. The molecular formula is C14H13FN2O3. The van der Waals surface area contributed by atoms with Crippen molar-refractivity contribution in [2.24, 2.45) is 0 Å². The number of nitrogens with zero attached hydrogens (tertiary/aromatic N) is 1. The molecule has 1 fully saturated rings. The zero-order chi connectivity index (χ0) is 14.4. The van der Waals surface area contributed by atoms with Crippen molar-refractivity contribution in [3.63, 3.8) is 0 Å². The molecule has 2 aliphatic heterocycles. The Labute approximate surface area is 114 Å². The maximum atomic E-state index is 13.9. The first-order valence-corrected chi connectivity index (χ1v) is 6.41. The van der Waals surface area contributed by atoms with E-state index < -0.39 is 23.7 Å². The summed E-state index contributed by atoms with van der Waals surface area (Å²) in [7, 11) is 0. The Hall–Kier alpha value is -2.24. The molecule has 6 heteroatoms. The summed E-state index contributed by atoms with van der Waals surface area (Å²) in [6.07, 6.45) is 0.475. The topological polar surface area (TPSA) is 66.5 Å². The first-order chi connectivity index (χ1) is 9.47. The summed E-state index contributed by atoms with van der Waals surface area (Å²) in [4.78, 5) is 36.6. The molecule has 1 unspecified atom stereocenters. The van der Waals surface area contributed by atoms with Crippen molar-refractivity contribution in [1.29, 1.82) is 0 Å². The number of piperidine rings is 1. The van der Waals surface area contributed by atoms with Gasteiger partial charge in [0.25, 0.3) is 5.91 Å².